The molecule has 0 amide bonds. The predicted octanol–water partition coefficient (Wildman–Crippen LogP) is 14.3. The molecule has 57 heavy (non-hydrogen) atoms. The molecule has 6 rings (SSSR count). The summed E-state index contributed by atoms with van der Waals surface area (Å²) < 4.78 is 50.2. The maximum atomic E-state index is 15.3. The zero-order valence-electron chi connectivity index (χ0n) is 34.6. The SMILES string of the molecule is CC(C)c1ccc(C(C)(C)C(Cc2ccc(F)c(Oc3ccccc3)c2)OC(Cc2ccc(F)c(Oc3ccccc3)c2)C(C)(C)c2ccc(C(C)C)cc2)cc1. The first-order valence-electron chi connectivity index (χ1n) is 20.1. The molecule has 0 aliphatic carbocycles. The first-order valence-corrected chi connectivity index (χ1v) is 20.1. The molecule has 0 radical (unpaired) electrons. The third kappa shape index (κ3) is 10.2. The van der Waals surface area contributed by atoms with Crippen molar-refractivity contribution in [2.45, 2.75) is 103 Å². The number of hydrogen-bond donors (Lipinski definition) is 0. The van der Waals surface area contributed by atoms with Crippen LogP contribution in [-0.2, 0) is 28.4 Å². The minimum Gasteiger partial charge on any atom is -0.454 e. The minimum absolute atomic E-state index is 0.163. The highest BCUT2D eigenvalue weighted by Crippen LogP contribution is 2.40. The molecular formula is C52H56F2O3. The van der Waals surface area contributed by atoms with Crippen molar-refractivity contribution in [1.29, 1.82) is 0 Å². The predicted molar refractivity (Wildman–Crippen MR) is 229 cm³/mol. The summed E-state index contributed by atoms with van der Waals surface area (Å²) in [5, 5.41) is 0. The van der Waals surface area contributed by atoms with Gasteiger partial charge in [-0.15, -0.1) is 0 Å². The normalized spacial score (nSPS) is 13.1. The van der Waals surface area contributed by atoms with E-state index < -0.39 is 22.5 Å². The van der Waals surface area contributed by atoms with Gasteiger partial charge in [0.2, 0.25) is 0 Å². The van der Waals surface area contributed by atoms with Crippen molar-refractivity contribution in [2.24, 2.45) is 0 Å². The number of rotatable bonds is 16. The number of para-hydroxylation sites is 2. The largest absolute Gasteiger partial charge is 0.454 e. The van der Waals surface area contributed by atoms with Gasteiger partial charge in [0, 0.05) is 10.8 Å². The Labute approximate surface area is 338 Å². The Morgan fingerprint density at radius 3 is 1.14 bits per heavy atom. The van der Waals surface area contributed by atoms with Gasteiger partial charge in [0.15, 0.2) is 23.1 Å². The van der Waals surface area contributed by atoms with E-state index in [1.165, 1.54) is 23.3 Å². The molecule has 0 bridgehead atoms. The van der Waals surface area contributed by atoms with E-state index in [1.54, 1.807) is 12.1 Å². The molecule has 3 nitrogen and oxygen atoms in total. The summed E-state index contributed by atoms with van der Waals surface area (Å²) in [6.07, 6.45) is 0.207. The van der Waals surface area contributed by atoms with E-state index >= 15 is 8.78 Å². The summed E-state index contributed by atoms with van der Waals surface area (Å²) in [6, 6.07) is 46.3. The van der Waals surface area contributed by atoms with Crippen LogP contribution in [0.1, 0.15) is 101 Å². The van der Waals surface area contributed by atoms with Crippen LogP contribution >= 0.6 is 0 Å². The van der Waals surface area contributed by atoms with Gasteiger partial charge in [0.25, 0.3) is 0 Å². The molecule has 0 aliphatic rings. The molecule has 0 heterocycles. The van der Waals surface area contributed by atoms with Crippen molar-refractivity contribution in [3.63, 3.8) is 0 Å². The van der Waals surface area contributed by atoms with Crippen LogP contribution in [0.4, 0.5) is 8.78 Å². The highest BCUT2D eigenvalue weighted by atomic mass is 19.1. The second-order valence-corrected chi connectivity index (χ2v) is 16.9. The number of halogens is 2. The zero-order chi connectivity index (χ0) is 40.7. The van der Waals surface area contributed by atoms with Crippen LogP contribution in [0.2, 0.25) is 0 Å². The molecule has 6 aromatic rings. The standard InChI is InChI=1S/C52H56F2O3/c1-35(2)39-21-25-41(26-22-39)51(5,6)49(33-37-19-29-45(53)47(31-37)55-43-15-11-9-12-16-43)57-50(52(7,8)42-27-23-40(24-28-42)36(3)4)34-38-20-30-46(54)48(32-38)56-44-17-13-10-14-18-44/h9-32,35-36,49-50H,33-34H2,1-8H3. The summed E-state index contributed by atoms with van der Waals surface area (Å²) in [6.45, 7) is 17.7. The lowest BCUT2D eigenvalue weighted by atomic mass is 9.74. The lowest BCUT2D eigenvalue weighted by Crippen LogP contribution is -2.46. The van der Waals surface area contributed by atoms with Crippen molar-refractivity contribution >= 4 is 0 Å². The monoisotopic (exact) mass is 766 g/mol. The Morgan fingerprint density at radius 1 is 0.456 bits per heavy atom. The quantitative estimate of drug-likeness (QED) is 0.0982. The van der Waals surface area contributed by atoms with Crippen LogP contribution in [0, 0.1) is 11.6 Å². The Balaban J connectivity index is 1.42. The summed E-state index contributed by atoms with van der Waals surface area (Å²) in [5.74, 6) is 1.38. The fourth-order valence-electron chi connectivity index (χ4n) is 7.28. The fraction of sp³-hybridized carbons (Fsp3) is 0.308. The van der Waals surface area contributed by atoms with Crippen LogP contribution in [0.3, 0.4) is 0 Å². The van der Waals surface area contributed by atoms with Gasteiger partial charge in [-0.2, -0.15) is 0 Å². The van der Waals surface area contributed by atoms with E-state index in [0.717, 1.165) is 22.3 Å². The highest BCUT2D eigenvalue weighted by Gasteiger charge is 2.40. The van der Waals surface area contributed by atoms with E-state index in [1.807, 2.05) is 72.8 Å². The van der Waals surface area contributed by atoms with Crippen LogP contribution in [0.5, 0.6) is 23.0 Å². The molecule has 0 aliphatic heterocycles. The second kappa shape index (κ2) is 17.9. The summed E-state index contributed by atoms with van der Waals surface area (Å²) in [4.78, 5) is 0. The number of benzene rings is 6. The first-order chi connectivity index (χ1) is 27.2. The van der Waals surface area contributed by atoms with Crippen LogP contribution in [0.25, 0.3) is 0 Å². The molecular weight excluding hydrogens is 711 g/mol. The van der Waals surface area contributed by atoms with Gasteiger partial charge in [-0.1, -0.05) is 152 Å². The van der Waals surface area contributed by atoms with E-state index in [0.29, 0.717) is 36.2 Å². The maximum absolute atomic E-state index is 15.3. The van der Waals surface area contributed by atoms with Gasteiger partial charge in [-0.3, -0.25) is 0 Å². The third-order valence-electron chi connectivity index (χ3n) is 11.4. The van der Waals surface area contributed by atoms with Gasteiger partial charge >= 0.3 is 0 Å². The van der Waals surface area contributed by atoms with Gasteiger partial charge < -0.3 is 14.2 Å². The maximum Gasteiger partial charge on any atom is 0.165 e. The van der Waals surface area contributed by atoms with E-state index in [9.17, 15) is 0 Å². The van der Waals surface area contributed by atoms with E-state index in [-0.39, 0.29) is 23.7 Å². The topological polar surface area (TPSA) is 27.7 Å². The molecule has 0 aromatic heterocycles. The Bertz CT molecular complexity index is 2030. The van der Waals surface area contributed by atoms with Crippen LogP contribution in [0.15, 0.2) is 146 Å². The highest BCUT2D eigenvalue weighted by molar-refractivity contribution is 5.39. The third-order valence-corrected chi connectivity index (χ3v) is 11.4. The number of ether oxygens (including phenoxy) is 3. The second-order valence-electron chi connectivity index (χ2n) is 16.9. The smallest absolute Gasteiger partial charge is 0.165 e. The molecule has 0 N–H and O–H groups in total. The van der Waals surface area contributed by atoms with Crippen molar-refractivity contribution in [3.05, 3.63) is 191 Å². The molecule has 5 heteroatoms. The summed E-state index contributed by atoms with van der Waals surface area (Å²) in [5.41, 5.74) is 5.59. The lowest BCUT2D eigenvalue weighted by molar-refractivity contribution is -0.0753. The van der Waals surface area contributed by atoms with Crippen molar-refractivity contribution in [2.75, 3.05) is 0 Å². The lowest BCUT2D eigenvalue weighted by Gasteiger charge is -2.43. The molecule has 0 spiro atoms. The zero-order valence-corrected chi connectivity index (χ0v) is 34.6. The first kappa shape index (κ1) is 41.4. The Kier molecular flexibility index (Phi) is 13.0. The molecule has 2 unspecified atom stereocenters. The van der Waals surface area contributed by atoms with Crippen LogP contribution < -0.4 is 9.47 Å². The van der Waals surface area contributed by atoms with Gasteiger partial charge in [-0.05, 0) is 107 Å². The van der Waals surface area contributed by atoms with Crippen LogP contribution in [-0.4, -0.2) is 12.2 Å². The average molecular weight is 767 g/mol. The molecule has 0 saturated heterocycles. The van der Waals surface area contributed by atoms with Gasteiger partial charge in [-0.25, -0.2) is 8.78 Å². The Morgan fingerprint density at radius 2 is 0.807 bits per heavy atom. The molecule has 6 aromatic carbocycles. The van der Waals surface area contributed by atoms with E-state index in [2.05, 4.69) is 104 Å². The average Bonchev–Trinajstić information content (AvgIpc) is 3.20. The molecule has 2 atom stereocenters. The Hall–Kier alpha value is -5.26. The van der Waals surface area contributed by atoms with E-state index in [4.69, 9.17) is 14.2 Å². The molecule has 296 valence electrons. The van der Waals surface area contributed by atoms with Crippen molar-refractivity contribution in [1.82, 2.24) is 0 Å². The molecule has 0 saturated carbocycles. The number of hydrogen-bond acceptors (Lipinski definition) is 3. The molecule has 0 fully saturated rings. The summed E-state index contributed by atoms with van der Waals surface area (Å²) >= 11 is 0. The van der Waals surface area contributed by atoms with Gasteiger partial charge in [0.1, 0.15) is 11.5 Å². The van der Waals surface area contributed by atoms with Crippen molar-refractivity contribution < 1.29 is 23.0 Å². The summed E-state index contributed by atoms with van der Waals surface area (Å²) in [7, 11) is 0. The minimum atomic E-state index is -0.495. The van der Waals surface area contributed by atoms with Gasteiger partial charge in [0.05, 0.1) is 12.2 Å². The van der Waals surface area contributed by atoms with Crippen molar-refractivity contribution in [3.8, 4) is 23.0 Å². The fourth-order valence-corrected chi connectivity index (χ4v) is 7.28.